The molecule has 1 aliphatic rings. The van der Waals surface area contributed by atoms with Crippen LogP contribution in [0.15, 0.2) is 36.4 Å². The Morgan fingerprint density at radius 1 is 1.04 bits per heavy atom. The number of benzene rings is 2. The number of hydrogen-bond donors (Lipinski definition) is 2. The van der Waals surface area contributed by atoms with Gasteiger partial charge in [-0.1, -0.05) is 25.1 Å². The molecular formula is C20H24N2O2S. The number of rotatable bonds is 4. The average Bonchev–Trinajstić information content (AvgIpc) is 2.62. The molecule has 0 saturated carbocycles. The first kappa shape index (κ1) is 17.5. The molecule has 2 aromatic carbocycles. The van der Waals surface area contributed by atoms with Crippen LogP contribution in [-0.2, 0) is 0 Å². The Balaban J connectivity index is 1.67. The van der Waals surface area contributed by atoms with Gasteiger partial charge in [0.25, 0.3) is 0 Å². The third-order valence-corrected chi connectivity index (χ3v) is 4.67. The first-order valence-electron chi connectivity index (χ1n) is 8.61. The largest absolute Gasteiger partial charge is 0.486 e. The summed E-state index contributed by atoms with van der Waals surface area (Å²) in [4.78, 5) is 0. The van der Waals surface area contributed by atoms with Crippen molar-refractivity contribution in [3.63, 3.8) is 0 Å². The van der Waals surface area contributed by atoms with Crippen molar-refractivity contribution in [3.8, 4) is 11.5 Å². The van der Waals surface area contributed by atoms with Crippen molar-refractivity contribution >= 4 is 23.0 Å². The number of anilines is 1. The van der Waals surface area contributed by atoms with E-state index in [1.165, 1.54) is 16.7 Å². The van der Waals surface area contributed by atoms with E-state index in [1.54, 1.807) is 0 Å². The molecule has 0 bridgehead atoms. The molecule has 0 unspecified atom stereocenters. The van der Waals surface area contributed by atoms with Crippen LogP contribution in [-0.4, -0.2) is 18.3 Å². The van der Waals surface area contributed by atoms with Gasteiger partial charge in [-0.2, -0.15) is 0 Å². The highest BCUT2D eigenvalue weighted by molar-refractivity contribution is 7.80. The van der Waals surface area contributed by atoms with E-state index in [4.69, 9.17) is 21.7 Å². The first-order valence-corrected chi connectivity index (χ1v) is 9.02. The number of nitrogens with one attached hydrogen (secondary N) is 2. The highest BCUT2D eigenvalue weighted by Gasteiger charge is 2.14. The number of fused-ring (bicyclic) bond motifs is 1. The SMILES string of the molecule is CC[C@H](NC(=S)Nc1ccc2c(c1)OCCO2)c1ccc(C)c(C)c1. The molecule has 0 amide bonds. The van der Waals surface area contributed by atoms with Crippen LogP contribution >= 0.6 is 12.2 Å². The molecular weight excluding hydrogens is 332 g/mol. The zero-order valence-electron chi connectivity index (χ0n) is 14.9. The van der Waals surface area contributed by atoms with Crippen LogP contribution in [0.3, 0.4) is 0 Å². The predicted molar refractivity (Wildman–Crippen MR) is 106 cm³/mol. The second kappa shape index (κ2) is 7.74. The van der Waals surface area contributed by atoms with Crippen LogP contribution < -0.4 is 20.1 Å². The molecule has 2 N–H and O–H groups in total. The number of thiocarbonyl (C=S) groups is 1. The molecule has 0 saturated heterocycles. The van der Waals surface area contributed by atoms with Crippen LogP contribution in [0, 0.1) is 13.8 Å². The Kier molecular flexibility index (Phi) is 5.43. The van der Waals surface area contributed by atoms with Gasteiger partial charge in [0.05, 0.1) is 6.04 Å². The Labute approximate surface area is 154 Å². The number of ether oxygens (including phenoxy) is 2. The second-order valence-electron chi connectivity index (χ2n) is 6.26. The maximum absolute atomic E-state index is 5.61. The van der Waals surface area contributed by atoms with Crippen LogP contribution in [0.2, 0.25) is 0 Å². The van der Waals surface area contributed by atoms with Crippen LogP contribution in [0.5, 0.6) is 11.5 Å². The molecule has 4 nitrogen and oxygen atoms in total. The lowest BCUT2D eigenvalue weighted by Crippen LogP contribution is -2.32. The summed E-state index contributed by atoms with van der Waals surface area (Å²) in [6.45, 7) is 7.58. The standard InChI is InChI=1S/C20H24N2O2S/c1-4-17(15-6-5-13(2)14(3)11-15)22-20(25)21-16-7-8-18-19(12-16)24-10-9-23-18/h5-8,11-12,17H,4,9-10H2,1-3H3,(H2,21,22,25)/t17-/m0/s1. The van der Waals surface area contributed by atoms with Crippen LogP contribution in [0.4, 0.5) is 5.69 Å². The fourth-order valence-electron chi connectivity index (χ4n) is 2.85. The fourth-order valence-corrected chi connectivity index (χ4v) is 3.11. The maximum Gasteiger partial charge on any atom is 0.171 e. The average molecular weight is 356 g/mol. The minimum atomic E-state index is 0.177. The van der Waals surface area contributed by atoms with Gasteiger partial charge >= 0.3 is 0 Å². The highest BCUT2D eigenvalue weighted by atomic mass is 32.1. The highest BCUT2D eigenvalue weighted by Crippen LogP contribution is 2.32. The lowest BCUT2D eigenvalue weighted by molar-refractivity contribution is 0.171. The van der Waals surface area contributed by atoms with E-state index in [-0.39, 0.29) is 6.04 Å². The molecule has 1 heterocycles. The quantitative estimate of drug-likeness (QED) is 0.789. The van der Waals surface area contributed by atoms with Crippen molar-refractivity contribution in [2.45, 2.75) is 33.2 Å². The second-order valence-corrected chi connectivity index (χ2v) is 6.67. The van der Waals surface area contributed by atoms with Crippen molar-refractivity contribution in [2.24, 2.45) is 0 Å². The molecule has 0 spiro atoms. The van der Waals surface area contributed by atoms with E-state index < -0.39 is 0 Å². The Morgan fingerprint density at radius 2 is 1.80 bits per heavy atom. The molecule has 1 aliphatic heterocycles. The summed E-state index contributed by atoms with van der Waals surface area (Å²) in [5.74, 6) is 1.53. The molecule has 0 aromatic heterocycles. The summed E-state index contributed by atoms with van der Waals surface area (Å²) in [5.41, 5.74) is 4.73. The van der Waals surface area contributed by atoms with Crippen molar-refractivity contribution < 1.29 is 9.47 Å². The van der Waals surface area contributed by atoms with Gasteiger partial charge in [-0.15, -0.1) is 0 Å². The van der Waals surface area contributed by atoms with Crippen molar-refractivity contribution in [1.82, 2.24) is 5.32 Å². The Hall–Kier alpha value is -2.27. The normalized spacial score (nSPS) is 13.9. The summed E-state index contributed by atoms with van der Waals surface area (Å²) in [5, 5.41) is 7.24. The summed E-state index contributed by atoms with van der Waals surface area (Å²) in [7, 11) is 0. The minimum Gasteiger partial charge on any atom is -0.486 e. The molecule has 25 heavy (non-hydrogen) atoms. The van der Waals surface area contributed by atoms with E-state index in [2.05, 4.69) is 49.6 Å². The van der Waals surface area contributed by atoms with E-state index in [9.17, 15) is 0 Å². The van der Waals surface area contributed by atoms with Gasteiger partial charge < -0.3 is 20.1 Å². The topological polar surface area (TPSA) is 42.5 Å². The molecule has 0 aliphatic carbocycles. The zero-order valence-corrected chi connectivity index (χ0v) is 15.7. The molecule has 2 aromatic rings. The summed E-state index contributed by atoms with van der Waals surface area (Å²) >= 11 is 5.50. The lowest BCUT2D eigenvalue weighted by Gasteiger charge is -2.22. The van der Waals surface area contributed by atoms with Crippen LogP contribution in [0.25, 0.3) is 0 Å². The van der Waals surface area contributed by atoms with E-state index >= 15 is 0 Å². The smallest absolute Gasteiger partial charge is 0.171 e. The van der Waals surface area contributed by atoms with Crippen LogP contribution in [0.1, 0.15) is 36.1 Å². The first-order chi connectivity index (χ1) is 12.1. The summed E-state index contributed by atoms with van der Waals surface area (Å²) < 4.78 is 11.2. The lowest BCUT2D eigenvalue weighted by atomic mass is 9.99. The third-order valence-electron chi connectivity index (χ3n) is 4.45. The minimum absolute atomic E-state index is 0.177. The Bertz CT molecular complexity index is 776. The molecule has 3 rings (SSSR count). The predicted octanol–water partition coefficient (Wildman–Crippen LogP) is 4.51. The van der Waals surface area contributed by atoms with E-state index in [0.717, 1.165) is 23.6 Å². The summed E-state index contributed by atoms with van der Waals surface area (Å²) in [6, 6.07) is 12.5. The molecule has 0 radical (unpaired) electrons. The number of aryl methyl sites for hydroxylation is 2. The molecule has 0 fully saturated rings. The third kappa shape index (κ3) is 4.23. The summed E-state index contributed by atoms with van der Waals surface area (Å²) in [6.07, 6.45) is 0.950. The van der Waals surface area contributed by atoms with Crippen molar-refractivity contribution in [1.29, 1.82) is 0 Å². The van der Waals surface area contributed by atoms with Gasteiger partial charge in [-0.3, -0.25) is 0 Å². The van der Waals surface area contributed by atoms with Gasteiger partial charge in [0.15, 0.2) is 16.6 Å². The Morgan fingerprint density at radius 3 is 2.52 bits per heavy atom. The monoisotopic (exact) mass is 356 g/mol. The van der Waals surface area contributed by atoms with Gasteiger partial charge in [-0.05, 0) is 61.3 Å². The maximum atomic E-state index is 5.61. The molecule has 1 atom stereocenters. The van der Waals surface area contributed by atoms with E-state index in [0.29, 0.717) is 18.3 Å². The van der Waals surface area contributed by atoms with Crippen molar-refractivity contribution in [3.05, 3.63) is 53.1 Å². The van der Waals surface area contributed by atoms with Crippen molar-refractivity contribution in [2.75, 3.05) is 18.5 Å². The van der Waals surface area contributed by atoms with Gasteiger partial charge in [0.2, 0.25) is 0 Å². The van der Waals surface area contributed by atoms with Gasteiger partial charge in [-0.25, -0.2) is 0 Å². The zero-order chi connectivity index (χ0) is 17.8. The van der Waals surface area contributed by atoms with Gasteiger partial charge in [0, 0.05) is 11.8 Å². The fraction of sp³-hybridized carbons (Fsp3) is 0.350. The molecule has 132 valence electrons. The van der Waals surface area contributed by atoms with E-state index in [1.807, 2.05) is 18.2 Å². The molecule has 5 heteroatoms. The number of hydrogen-bond acceptors (Lipinski definition) is 3. The van der Waals surface area contributed by atoms with Gasteiger partial charge in [0.1, 0.15) is 13.2 Å².